The highest BCUT2D eigenvalue weighted by Gasteiger charge is 2.12. The van der Waals surface area contributed by atoms with Crippen LogP contribution in [0.4, 0.5) is 5.69 Å². The molecule has 0 radical (unpaired) electrons. The third-order valence-corrected chi connectivity index (χ3v) is 2.99. The molecule has 4 nitrogen and oxygen atoms in total. The normalized spacial score (nSPS) is 10.7. The summed E-state index contributed by atoms with van der Waals surface area (Å²) in [6.45, 7) is 0. The Morgan fingerprint density at radius 1 is 1.31 bits per heavy atom. The monoisotopic (exact) mass is 196 g/mol. The minimum Gasteiger partial charge on any atom is -0.399 e. The van der Waals surface area contributed by atoms with Crippen LogP contribution in [0.3, 0.4) is 0 Å². The van der Waals surface area contributed by atoms with Gasteiger partial charge in [-0.1, -0.05) is 0 Å². The summed E-state index contributed by atoms with van der Waals surface area (Å²) < 4.78 is 22.6. The Morgan fingerprint density at radius 2 is 1.85 bits per heavy atom. The number of nitrogens with zero attached hydrogens (tertiary/aromatic N) is 1. The molecule has 5 heteroatoms. The topological polar surface area (TPSA) is 84.0 Å². The van der Waals surface area contributed by atoms with Crippen molar-refractivity contribution in [2.75, 3.05) is 11.5 Å². The minimum atomic E-state index is -3.44. The standard InChI is InChI=1S/C8H8N2O2S/c9-5-6-13(11,12)8-3-1-7(10)2-4-8/h1-4H,6,10H2. The van der Waals surface area contributed by atoms with E-state index >= 15 is 0 Å². The van der Waals surface area contributed by atoms with Gasteiger partial charge in [-0.05, 0) is 24.3 Å². The van der Waals surface area contributed by atoms with E-state index in [4.69, 9.17) is 11.0 Å². The van der Waals surface area contributed by atoms with Crippen molar-refractivity contribution in [1.82, 2.24) is 0 Å². The smallest absolute Gasteiger partial charge is 0.191 e. The van der Waals surface area contributed by atoms with Gasteiger partial charge in [-0.25, -0.2) is 8.42 Å². The predicted octanol–water partition coefficient (Wildman–Crippen LogP) is 0.566. The first-order valence-corrected chi connectivity index (χ1v) is 5.17. The van der Waals surface area contributed by atoms with Gasteiger partial charge in [0.25, 0.3) is 0 Å². The van der Waals surface area contributed by atoms with Crippen molar-refractivity contribution in [2.45, 2.75) is 4.90 Å². The van der Waals surface area contributed by atoms with Crippen molar-refractivity contribution < 1.29 is 8.42 Å². The van der Waals surface area contributed by atoms with Crippen LogP contribution in [0.15, 0.2) is 29.2 Å². The zero-order valence-corrected chi connectivity index (χ0v) is 7.58. The molecule has 0 aliphatic heterocycles. The highest BCUT2D eigenvalue weighted by molar-refractivity contribution is 7.91. The summed E-state index contributed by atoms with van der Waals surface area (Å²) in [5.41, 5.74) is 5.88. The zero-order chi connectivity index (χ0) is 9.90. The Balaban J connectivity index is 3.11. The second-order valence-electron chi connectivity index (χ2n) is 2.49. The summed E-state index contributed by atoms with van der Waals surface area (Å²) >= 11 is 0. The molecule has 0 amide bonds. The van der Waals surface area contributed by atoms with E-state index in [0.717, 1.165) is 0 Å². The summed E-state index contributed by atoms with van der Waals surface area (Å²) in [5.74, 6) is -0.503. The third kappa shape index (κ3) is 2.20. The molecule has 0 bridgehead atoms. The lowest BCUT2D eigenvalue weighted by atomic mass is 10.3. The van der Waals surface area contributed by atoms with Crippen molar-refractivity contribution in [3.63, 3.8) is 0 Å². The molecule has 0 aliphatic rings. The average Bonchev–Trinajstić information content (AvgIpc) is 2.05. The first-order chi connectivity index (χ1) is 6.06. The molecular formula is C8H8N2O2S. The molecule has 2 N–H and O–H groups in total. The summed E-state index contributed by atoms with van der Waals surface area (Å²) in [6, 6.07) is 7.36. The van der Waals surface area contributed by atoms with Gasteiger partial charge >= 0.3 is 0 Å². The van der Waals surface area contributed by atoms with Crippen LogP contribution in [-0.2, 0) is 9.84 Å². The van der Waals surface area contributed by atoms with Crippen molar-refractivity contribution in [2.24, 2.45) is 0 Å². The van der Waals surface area contributed by atoms with E-state index < -0.39 is 15.6 Å². The van der Waals surface area contributed by atoms with Crippen LogP contribution in [0, 0.1) is 11.3 Å². The van der Waals surface area contributed by atoms with Crippen LogP contribution in [0.1, 0.15) is 0 Å². The van der Waals surface area contributed by atoms with Crippen LogP contribution in [0.25, 0.3) is 0 Å². The fraction of sp³-hybridized carbons (Fsp3) is 0.125. The molecule has 1 rings (SSSR count). The van der Waals surface area contributed by atoms with Crippen LogP contribution < -0.4 is 5.73 Å². The number of rotatable bonds is 2. The van der Waals surface area contributed by atoms with Gasteiger partial charge in [0.05, 0.1) is 11.0 Å². The lowest BCUT2D eigenvalue weighted by Crippen LogP contribution is -2.04. The largest absolute Gasteiger partial charge is 0.399 e. The molecule has 0 heterocycles. The van der Waals surface area contributed by atoms with Crippen molar-refractivity contribution in [1.29, 1.82) is 5.26 Å². The number of hydrogen-bond donors (Lipinski definition) is 1. The number of anilines is 1. The van der Waals surface area contributed by atoms with Crippen molar-refractivity contribution in [3.8, 4) is 6.07 Å². The molecule has 0 fully saturated rings. The lowest BCUT2D eigenvalue weighted by molar-refractivity contribution is 0.599. The van der Waals surface area contributed by atoms with Crippen molar-refractivity contribution in [3.05, 3.63) is 24.3 Å². The van der Waals surface area contributed by atoms with E-state index in [9.17, 15) is 8.42 Å². The molecule has 68 valence electrons. The minimum absolute atomic E-state index is 0.128. The van der Waals surface area contributed by atoms with Gasteiger partial charge in [0.1, 0.15) is 5.75 Å². The second-order valence-corrected chi connectivity index (χ2v) is 4.48. The van der Waals surface area contributed by atoms with E-state index in [0.29, 0.717) is 5.69 Å². The van der Waals surface area contributed by atoms with Crippen LogP contribution in [0.2, 0.25) is 0 Å². The predicted molar refractivity (Wildman–Crippen MR) is 48.5 cm³/mol. The zero-order valence-electron chi connectivity index (χ0n) is 6.77. The number of nitrogen functional groups attached to an aromatic ring is 1. The maximum absolute atomic E-state index is 11.3. The molecule has 1 aromatic carbocycles. The quantitative estimate of drug-likeness (QED) is 0.700. The van der Waals surface area contributed by atoms with E-state index in [-0.39, 0.29) is 4.90 Å². The molecule has 0 spiro atoms. The van der Waals surface area contributed by atoms with Gasteiger partial charge < -0.3 is 5.73 Å². The highest BCUT2D eigenvalue weighted by Crippen LogP contribution is 2.12. The van der Waals surface area contributed by atoms with Crippen LogP contribution >= 0.6 is 0 Å². The number of nitrogens with two attached hydrogens (primary N) is 1. The molecule has 0 saturated heterocycles. The Labute approximate surface area is 76.5 Å². The van der Waals surface area contributed by atoms with Gasteiger partial charge in [-0.3, -0.25) is 0 Å². The number of sulfone groups is 1. The third-order valence-electron chi connectivity index (χ3n) is 1.49. The Morgan fingerprint density at radius 3 is 2.31 bits per heavy atom. The Bertz CT molecular complexity index is 428. The van der Waals surface area contributed by atoms with Crippen LogP contribution in [-0.4, -0.2) is 14.2 Å². The highest BCUT2D eigenvalue weighted by atomic mass is 32.2. The second kappa shape index (κ2) is 3.46. The first-order valence-electron chi connectivity index (χ1n) is 3.51. The first kappa shape index (κ1) is 9.55. The van der Waals surface area contributed by atoms with Gasteiger partial charge in [-0.2, -0.15) is 5.26 Å². The number of benzene rings is 1. The molecule has 0 unspecified atom stereocenters. The summed E-state index contributed by atoms with van der Waals surface area (Å²) in [5, 5.41) is 8.26. The fourth-order valence-corrected chi connectivity index (χ4v) is 1.73. The molecule has 1 aromatic rings. The van der Waals surface area contributed by atoms with E-state index in [1.165, 1.54) is 24.3 Å². The summed E-state index contributed by atoms with van der Waals surface area (Å²) in [4.78, 5) is 0.128. The summed E-state index contributed by atoms with van der Waals surface area (Å²) in [7, 11) is -3.44. The molecule has 0 saturated carbocycles. The van der Waals surface area contributed by atoms with Gasteiger partial charge in [0.2, 0.25) is 0 Å². The maximum Gasteiger partial charge on any atom is 0.191 e. The molecule has 0 aliphatic carbocycles. The van der Waals surface area contributed by atoms with E-state index in [1.54, 1.807) is 6.07 Å². The summed E-state index contributed by atoms with van der Waals surface area (Å²) in [6.07, 6.45) is 0. The van der Waals surface area contributed by atoms with Gasteiger partial charge in [0, 0.05) is 5.69 Å². The molecule has 0 aromatic heterocycles. The molecule has 13 heavy (non-hydrogen) atoms. The Kier molecular flexibility index (Phi) is 2.54. The fourth-order valence-electron chi connectivity index (χ4n) is 0.843. The molecular weight excluding hydrogens is 188 g/mol. The number of nitriles is 1. The van der Waals surface area contributed by atoms with E-state index in [1.807, 2.05) is 0 Å². The molecule has 0 atom stereocenters. The van der Waals surface area contributed by atoms with Crippen molar-refractivity contribution >= 4 is 15.5 Å². The Hall–Kier alpha value is -1.54. The van der Waals surface area contributed by atoms with Gasteiger partial charge in [-0.15, -0.1) is 0 Å². The van der Waals surface area contributed by atoms with Crippen LogP contribution in [0.5, 0.6) is 0 Å². The average molecular weight is 196 g/mol. The SMILES string of the molecule is N#CCS(=O)(=O)c1ccc(N)cc1. The lowest BCUT2D eigenvalue weighted by Gasteiger charge is -1.99. The maximum atomic E-state index is 11.3. The van der Waals surface area contributed by atoms with Gasteiger partial charge in [0.15, 0.2) is 9.84 Å². The number of hydrogen-bond acceptors (Lipinski definition) is 4. The van der Waals surface area contributed by atoms with E-state index in [2.05, 4.69) is 0 Å².